The average Bonchev–Trinajstić information content (AvgIpc) is 2.74. The number of rotatable bonds is 4. The number of carbonyl (C=O) groups excluding carboxylic acids is 1. The van der Waals surface area contributed by atoms with Crippen molar-refractivity contribution in [3.8, 4) is 0 Å². The number of H-pyrrole nitrogens is 1. The number of halogens is 1. The van der Waals surface area contributed by atoms with E-state index in [0.717, 1.165) is 17.0 Å². The first-order valence-corrected chi connectivity index (χ1v) is 7.35. The van der Waals surface area contributed by atoms with Crippen molar-refractivity contribution >= 4 is 17.5 Å². The molecule has 0 aliphatic carbocycles. The summed E-state index contributed by atoms with van der Waals surface area (Å²) in [7, 11) is 0. The van der Waals surface area contributed by atoms with Crippen LogP contribution < -0.4 is 0 Å². The lowest BCUT2D eigenvalue weighted by atomic mass is 10.1. The highest BCUT2D eigenvalue weighted by molar-refractivity contribution is 6.30. The van der Waals surface area contributed by atoms with Crippen molar-refractivity contribution in [3.05, 3.63) is 51.8 Å². The zero-order valence-corrected chi connectivity index (χ0v) is 13.5. The number of nitrogens with one attached hydrogen (secondary N) is 1. The number of amides is 1. The third-order valence-electron chi connectivity index (χ3n) is 3.47. The van der Waals surface area contributed by atoms with Crippen LogP contribution in [0.4, 0.5) is 0 Å². The maximum Gasteiger partial charge on any atom is 0.258 e. The van der Waals surface area contributed by atoms with E-state index in [1.165, 1.54) is 0 Å². The fourth-order valence-corrected chi connectivity index (χ4v) is 2.54. The number of aromatic amines is 1. The van der Waals surface area contributed by atoms with Crippen molar-refractivity contribution in [3.63, 3.8) is 0 Å². The summed E-state index contributed by atoms with van der Waals surface area (Å²) in [6.07, 6.45) is 0. The quantitative estimate of drug-likeness (QED) is 0.935. The van der Waals surface area contributed by atoms with E-state index in [-0.39, 0.29) is 11.9 Å². The summed E-state index contributed by atoms with van der Waals surface area (Å²) in [5.41, 5.74) is 3.21. The monoisotopic (exact) mass is 305 g/mol. The topological polar surface area (TPSA) is 49.0 Å². The Morgan fingerprint density at radius 1 is 1.38 bits per heavy atom. The minimum Gasteiger partial charge on any atom is -0.332 e. The third-order valence-corrected chi connectivity index (χ3v) is 3.70. The molecule has 112 valence electrons. The SMILES string of the molecule is Cc1n[nH]c(C)c1C(=O)N(Cc1cccc(Cl)c1)C(C)C. The molecule has 1 amide bonds. The summed E-state index contributed by atoms with van der Waals surface area (Å²) < 4.78 is 0. The minimum absolute atomic E-state index is 0.00581. The average molecular weight is 306 g/mol. The molecule has 2 aromatic rings. The van der Waals surface area contributed by atoms with Gasteiger partial charge in [-0.1, -0.05) is 23.7 Å². The fraction of sp³-hybridized carbons (Fsp3) is 0.375. The summed E-state index contributed by atoms with van der Waals surface area (Å²) >= 11 is 6.02. The lowest BCUT2D eigenvalue weighted by molar-refractivity contribution is 0.0689. The van der Waals surface area contributed by atoms with Crippen LogP contribution in [0.3, 0.4) is 0 Å². The Labute approximate surface area is 130 Å². The summed E-state index contributed by atoms with van der Waals surface area (Å²) in [5, 5.41) is 7.65. The molecular formula is C16H20ClN3O. The van der Waals surface area contributed by atoms with Gasteiger partial charge in [0.25, 0.3) is 5.91 Å². The van der Waals surface area contributed by atoms with Crippen molar-refractivity contribution < 1.29 is 4.79 Å². The molecule has 5 heteroatoms. The van der Waals surface area contributed by atoms with Gasteiger partial charge in [0.2, 0.25) is 0 Å². The largest absolute Gasteiger partial charge is 0.332 e. The van der Waals surface area contributed by atoms with Crippen LogP contribution in [0.2, 0.25) is 5.02 Å². The van der Waals surface area contributed by atoms with Crippen LogP contribution in [0.5, 0.6) is 0 Å². The van der Waals surface area contributed by atoms with Crippen LogP contribution in [-0.2, 0) is 6.54 Å². The van der Waals surface area contributed by atoms with Gasteiger partial charge < -0.3 is 4.90 Å². The Morgan fingerprint density at radius 3 is 2.62 bits per heavy atom. The first-order chi connectivity index (χ1) is 9.90. The molecule has 0 aliphatic rings. The Morgan fingerprint density at radius 2 is 2.10 bits per heavy atom. The van der Waals surface area contributed by atoms with Gasteiger partial charge in [0.15, 0.2) is 0 Å². The minimum atomic E-state index is -0.00581. The number of carbonyl (C=O) groups is 1. The molecule has 1 aromatic carbocycles. The maximum absolute atomic E-state index is 12.8. The van der Waals surface area contributed by atoms with Gasteiger partial charge in [-0.2, -0.15) is 5.10 Å². The molecule has 2 rings (SSSR count). The van der Waals surface area contributed by atoms with Gasteiger partial charge in [0.1, 0.15) is 0 Å². The van der Waals surface area contributed by atoms with Gasteiger partial charge in [-0.05, 0) is 45.4 Å². The summed E-state index contributed by atoms with van der Waals surface area (Å²) in [6.45, 7) is 8.25. The Hall–Kier alpha value is -1.81. The Balaban J connectivity index is 2.29. The summed E-state index contributed by atoms with van der Waals surface area (Å²) in [6, 6.07) is 7.68. The molecule has 4 nitrogen and oxygen atoms in total. The van der Waals surface area contributed by atoms with Gasteiger partial charge >= 0.3 is 0 Å². The van der Waals surface area contributed by atoms with Gasteiger partial charge in [0.05, 0.1) is 11.3 Å². The lowest BCUT2D eigenvalue weighted by Crippen LogP contribution is -2.36. The first-order valence-electron chi connectivity index (χ1n) is 6.97. The van der Waals surface area contributed by atoms with Crippen molar-refractivity contribution in [1.29, 1.82) is 0 Å². The highest BCUT2D eigenvalue weighted by Crippen LogP contribution is 2.19. The molecule has 0 unspecified atom stereocenters. The highest BCUT2D eigenvalue weighted by atomic mass is 35.5. The normalized spacial score (nSPS) is 11.0. The van der Waals surface area contributed by atoms with E-state index in [1.807, 2.05) is 56.9 Å². The molecule has 0 saturated heterocycles. The molecule has 21 heavy (non-hydrogen) atoms. The number of hydrogen-bond donors (Lipinski definition) is 1. The third kappa shape index (κ3) is 3.45. The van der Waals surface area contributed by atoms with Crippen molar-refractivity contribution in [2.75, 3.05) is 0 Å². The van der Waals surface area contributed by atoms with Gasteiger partial charge in [-0.3, -0.25) is 9.89 Å². The van der Waals surface area contributed by atoms with Gasteiger partial charge in [0, 0.05) is 23.3 Å². The van der Waals surface area contributed by atoms with Crippen molar-refractivity contribution in [2.24, 2.45) is 0 Å². The molecule has 0 radical (unpaired) electrons. The molecule has 0 spiro atoms. The highest BCUT2D eigenvalue weighted by Gasteiger charge is 2.24. The van der Waals surface area contributed by atoms with E-state index in [0.29, 0.717) is 17.1 Å². The second-order valence-corrected chi connectivity index (χ2v) is 5.90. The summed E-state index contributed by atoms with van der Waals surface area (Å²) in [4.78, 5) is 14.6. The standard InChI is InChI=1S/C16H20ClN3O/c1-10(2)20(9-13-6-5-7-14(17)8-13)16(21)15-11(3)18-19-12(15)4/h5-8,10H,9H2,1-4H3,(H,18,19). The van der Waals surface area contributed by atoms with E-state index < -0.39 is 0 Å². The Bertz CT molecular complexity index is 629. The molecule has 1 N–H and O–H groups in total. The second-order valence-electron chi connectivity index (χ2n) is 5.47. The predicted octanol–water partition coefficient (Wildman–Crippen LogP) is 3.73. The van der Waals surface area contributed by atoms with Crippen LogP contribution in [0.1, 0.15) is 41.2 Å². The number of nitrogens with zero attached hydrogens (tertiary/aromatic N) is 2. The number of aryl methyl sites for hydroxylation is 2. The molecule has 1 heterocycles. The number of aromatic nitrogens is 2. The smallest absolute Gasteiger partial charge is 0.258 e. The van der Waals surface area contributed by atoms with Crippen LogP contribution in [0.25, 0.3) is 0 Å². The molecule has 0 atom stereocenters. The van der Waals surface area contributed by atoms with Crippen LogP contribution >= 0.6 is 11.6 Å². The van der Waals surface area contributed by atoms with Crippen molar-refractivity contribution in [1.82, 2.24) is 15.1 Å². The summed E-state index contributed by atoms with van der Waals surface area (Å²) in [5.74, 6) is -0.00581. The number of hydrogen-bond acceptors (Lipinski definition) is 2. The predicted molar refractivity (Wildman–Crippen MR) is 84.5 cm³/mol. The van der Waals surface area contributed by atoms with E-state index >= 15 is 0 Å². The zero-order valence-electron chi connectivity index (χ0n) is 12.8. The fourth-order valence-electron chi connectivity index (χ4n) is 2.33. The second kappa shape index (κ2) is 6.31. The van der Waals surface area contributed by atoms with Gasteiger partial charge in [-0.15, -0.1) is 0 Å². The van der Waals surface area contributed by atoms with E-state index in [1.54, 1.807) is 0 Å². The molecule has 0 fully saturated rings. The zero-order chi connectivity index (χ0) is 15.6. The molecule has 0 saturated carbocycles. The molecule has 0 bridgehead atoms. The van der Waals surface area contributed by atoms with Gasteiger partial charge in [-0.25, -0.2) is 0 Å². The first kappa shape index (κ1) is 15.6. The van der Waals surface area contributed by atoms with Crippen LogP contribution in [0, 0.1) is 13.8 Å². The van der Waals surface area contributed by atoms with E-state index in [2.05, 4.69) is 10.2 Å². The molecule has 1 aromatic heterocycles. The molecule has 0 aliphatic heterocycles. The van der Waals surface area contributed by atoms with E-state index in [9.17, 15) is 4.79 Å². The molecular weight excluding hydrogens is 286 g/mol. The van der Waals surface area contributed by atoms with Crippen LogP contribution in [-0.4, -0.2) is 27.0 Å². The lowest BCUT2D eigenvalue weighted by Gasteiger charge is -2.27. The van der Waals surface area contributed by atoms with Crippen molar-refractivity contribution in [2.45, 2.75) is 40.3 Å². The van der Waals surface area contributed by atoms with Crippen LogP contribution in [0.15, 0.2) is 24.3 Å². The maximum atomic E-state index is 12.8. The van der Waals surface area contributed by atoms with E-state index in [4.69, 9.17) is 11.6 Å². The number of benzene rings is 1. The Kier molecular flexibility index (Phi) is 4.68.